The predicted molar refractivity (Wildman–Crippen MR) is 94.0 cm³/mol. The van der Waals surface area contributed by atoms with Crippen LogP contribution in [0.5, 0.6) is 0 Å². The number of pyridine rings is 1. The van der Waals surface area contributed by atoms with Crippen molar-refractivity contribution in [3.05, 3.63) is 53.7 Å². The molecule has 0 unspecified atom stereocenters. The number of aryl methyl sites for hydroxylation is 1. The van der Waals surface area contributed by atoms with Crippen LogP contribution in [0.15, 0.2) is 41.1 Å². The van der Waals surface area contributed by atoms with Crippen molar-refractivity contribution in [2.24, 2.45) is 0 Å². The van der Waals surface area contributed by atoms with Crippen LogP contribution in [0.4, 0.5) is 0 Å². The van der Waals surface area contributed by atoms with E-state index in [2.05, 4.69) is 16.0 Å². The summed E-state index contributed by atoms with van der Waals surface area (Å²) in [6.45, 7) is 5.23. The normalized spacial score (nSPS) is 26.7. The first-order valence-electron chi connectivity index (χ1n) is 9.19. The molecule has 2 fully saturated rings. The molecule has 0 spiro atoms. The van der Waals surface area contributed by atoms with Gasteiger partial charge >= 0.3 is 0 Å². The first-order valence-corrected chi connectivity index (χ1v) is 9.19. The minimum atomic E-state index is 0.212. The monoisotopic (exact) mass is 342 g/mol. The number of ether oxygens (including phenoxy) is 2. The largest absolute Gasteiger partial charge is 0.465 e. The summed E-state index contributed by atoms with van der Waals surface area (Å²) >= 11 is 0. The maximum Gasteiger partial charge on any atom is 0.118 e. The van der Waals surface area contributed by atoms with Crippen LogP contribution in [0.1, 0.15) is 36.3 Å². The van der Waals surface area contributed by atoms with Gasteiger partial charge in [0.15, 0.2) is 0 Å². The highest BCUT2D eigenvalue weighted by Crippen LogP contribution is 2.32. The molecular formula is C20H26N2O3. The zero-order valence-electron chi connectivity index (χ0n) is 14.8. The number of fused-ring (bicyclic) bond motifs is 1. The molecule has 0 saturated carbocycles. The maximum atomic E-state index is 6.31. The lowest BCUT2D eigenvalue weighted by Crippen LogP contribution is -2.43. The maximum absolute atomic E-state index is 6.31. The van der Waals surface area contributed by atoms with Gasteiger partial charge in [0.1, 0.15) is 11.5 Å². The number of likely N-dealkylation sites (tertiary alicyclic amines) is 1. The van der Waals surface area contributed by atoms with Crippen molar-refractivity contribution >= 4 is 0 Å². The molecule has 5 heteroatoms. The minimum absolute atomic E-state index is 0.212. The van der Waals surface area contributed by atoms with Gasteiger partial charge in [-0.2, -0.15) is 0 Å². The minimum Gasteiger partial charge on any atom is -0.465 e. The Morgan fingerprint density at radius 1 is 1.24 bits per heavy atom. The summed E-state index contributed by atoms with van der Waals surface area (Å²) in [4.78, 5) is 6.62. The SMILES string of the molecule is Cc1ccc(CN2CC[C@H]3O[C@@H](COCc4cccnc4)CC[C@H]32)o1. The van der Waals surface area contributed by atoms with Gasteiger partial charge < -0.3 is 13.9 Å². The topological polar surface area (TPSA) is 47.7 Å². The number of hydrogen-bond donors (Lipinski definition) is 0. The Hall–Kier alpha value is -1.69. The molecule has 0 radical (unpaired) electrons. The summed E-state index contributed by atoms with van der Waals surface area (Å²) in [6, 6.07) is 8.61. The van der Waals surface area contributed by atoms with Crippen molar-refractivity contribution in [2.75, 3.05) is 13.2 Å². The third-order valence-corrected chi connectivity index (χ3v) is 5.20. The van der Waals surface area contributed by atoms with E-state index in [1.165, 1.54) is 6.42 Å². The van der Waals surface area contributed by atoms with Gasteiger partial charge in [-0.05, 0) is 49.9 Å². The molecular weight excluding hydrogens is 316 g/mol. The van der Waals surface area contributed by atoms with Crippen LogP contribution in [0.3, 0.4) is 0 Å². The Morgan fingerprint density at radius 2 is 2.20 bits per heavy atom. The molecule has 2 aromatic heterocycles. The molecule has 2 aliphatic heterocycles. The van der Waals surface area contributed by atoms with Crippen molar-refractivity contribution in [3.8, 4) is 0 Å². The third-order valence-electron chi connectivity index (χ3n) is 5.20. The highest BCUT2D eigenvalue weighted by atomic mass is 16.5. The highest BCUT2D eigenvalue weighted by Gasteiger charge is 2.39. The van der Waals surface area contributed by atoms with Crippen molar-refractivity contribution in [3.63, 3.8) is 0 Å². The van der Waals surface area contributed by atoms with Gasteiger partial charge in [0.2, 0.25) is 0 Å². The second-order valence-corrected chi connectivity index (χ2v) is 7.09. The van der Waals surface area contributed by atoms with Gasteiger partial charge in [0.25, 0.3) is 0 Å². The molecule has 2 aromatic rings. The molecule has 2 saturated heterocycles. The summed E-state index contributed by atoms with van der Waals surface area (Å²) in [5.74, 6) is 2.04. The molecule has 134 valence electrons. The smallest absolute Gasteiger partial charge is 0.118 e. The molecule has 3 atom stereocenters. The second-order valence-electron chi connectivity index (χ2n) is 7.09. The molecule has 0 amide bonds. The van der Waals surface area contributed by atoms with Crippen LogP contribution in [0.25, 0.3) is 0 Å². The zero-order valence-corrected chi connectivity index (χ0v) is 14.8. The molecule has 0 aliphatic carbocycles. The Bertz CT molecular complexity index is 673. The molecule has 4 heterocycles. The van der Waals surface area contributed by atoms with Crippen LogP contribution in [-0.4, -0.2) is 41.3 Å². The van der Waals surface area contributed by atoms with Gasteiger partial charge in [-0.3, -0.25) is 9.88 Å². The van der Waals surface area contributed by atoms with E-state index in [4.69, 9.17) is 13.9 Å². The van der Waals surface area contributed by atoms with Crippen LogP contribution in [0, 0.1) is 6.92 Å². The average Bonchev–Trinajstić information content (AvgIpc) is 3.22. The van der Waals surface area contributed by atoms with Crippen molar-refractivity contribution < 1.29 is 13.9 Å². The second kappa shape index (κ2) is 7.68. The van der Waals surface area contributed by atoms with Crippen molar-refractivity contribution in [1.29, 1.82) is 0 Å². The van der Waals surface area contributed by atoms with Crippen LogP contribution >= 0.6 is 0 Å². The van der Waals surface area contributed by atoms with Gasteiger partial charge in [-0.25, -0.2) is 0 Å². The number of rotatable bonds is 6. The first-order chi connectivity index (χ1) is 12.3. The van der Waals surface area contributed by atoms with E-state index in [0.29, 0.717) is 25.4 Å². The number of aromatic nitrogens is 1. The van der Waals surface area contributed by atoms with E-state index in [0.717, 1.165) is 43.0 Å². The lowest BCUT2D eigenvalue weighted by molar-refractivity contribution is -0.102. The number of furan rings is 1. The molecule has 5 nitrogen and oxygen atoms in total. The van der Waals surface area contributed by atoms with Crippen molar-refractivity contribution in [1.82, 2.24) is 9.88 Å². The molecule has 4 rings (SSSR count). The van der Waals surface area contributed by atoms with Gasteiger partial charge in [0.05, 0.1) is 32.0 Å². The fourth-order valence-corrected chi connectivity index (χ4v) is 3.97. The van der Waals surface area contributed by atoms with E-state index in [1.54, 1.807) is 6.20 Å². The molecule has 25 heavy (non-hydrogen) atoms. The van der Waals surface area contributed by atoms with E-state index < -0.39 is 0 Å². The van der Waals surface area contributed by atoms with Gasteiger partial charge in [-0.15, -0.1) is 0 Å². The Morgan fingerprint density at radius 3 is 3.00 bits per heavy atom. The standard InChI is InChI=1S/C20H26N2O3/c1-15-4-5-17(24-15)12-22-10-8-20-19(22)7-6-18(25-20)14-23-13-16-3-2-9-21-11-16/h2-5,9,11,18-20H,6-8,10,12-14H2,1H3/t18-,19-,20-/m1/s1. The van der Waals surface area contributed by atoms with E-state index >= 15 is 0 Å². The fourth-order valence-electron chi connectivity index (χ4n) is 3.97. The van der Waals surface area contributed by atoms with E-state index in [9.17, 15) is 0 Å². The van der Waals surface area contributed by atoms with Gasteiger partial charge in [0, 0.05) is 25.0 Å². The summed E-state index contributed by atoms with van der Waals surface area (Å²) in [6.07, 6.45) is 7.50. The van der Waals surface area contributed by atoms with Crippen molar-refractivity contribution in [2.45, 2.75) is 57.6 Å². The Balaban J connectivity index is 1.24. The summed E-state index contributed by atoms with van der Waals surface area (Å²) < 4.78 is 17.9. The summed E-state index contributed by atoms with van der Waals surface area (Å²) in [7, 11) is 0. The molecule has 0 aromatic carbocycles. The van der Waals surface area contributed by atoms with Crippen LogP contribution in [0.2, 0.25) is 0 Å². The third kappa shape index (κ3) is 4.11. The molecule has 2 aliphatic rings. The van der Waals surface area contributed by atoms with Crippen LogP contribution < -0.4 is 0 Å². The van der Waals surface area contributed by atoms with Gasteiger partial charge in [-0.1, -0.05) is 6.07 Å². The average molecular weight is 342 g/mol. The highest BCUT2D eigenvalue weighted by molar-refractivity contribution is 5.07. The van der Waals surface area contributed by atoms with Crippen LogP contribution in [-0.2, 0) is 22.6 Å². The fraction of sp³-hybridized carbons (Fsp3) is 0.550. The molecule has 0 bridgehead atoms. The lowest BCUT2D eigenvalue weighted by Gasteiger charge is -2.35. The van der Waals surface area contributed by atoms with E-state index in [-0.39, 0.29) is 6.10 Å². The Labute approximate surface area is 148 Å². The quantitative estimate of drug-likeness (QED) is 0.806. The number of hydrogen-bond acceptors (Lipinski definition) is 5. The number of nitrogens with zero attached hydrogens (tertiary/aromatic N) is 2. The summed E-state index contributed by atoms with van der Waals surface area (Å²) in [5.41, 5.74) is 1.11. The molecule has 0 N–H and O–H groups in total. The predicted octanol–water partition coefficient (Wildman–Crippen LogP) is 3.32. The zero-order chi connectivity index (χ0) is 17.1. The Kier molecular flexibility index (Phi) is 5.15. The first kappa shape index (κ1) is 16.8. The summed E-state index contributed by atoms with van der Waals surface area (Å²) in [5, 5.41) is 0. The van der Waals surface area contributed by atoms with E-state index in [1.807, 2.05) is 31.3 Å². The lowest BCUT2D eigenvalue weighted by atomic mass is 9.99.